The molecule has 0 bridgehead atoms. The lowest BCUT2D eigenvalue weighted by Crippen LogP contribution is -1.92. The highest BCUT2D eigenvalue weighted by Gasteiger charge is 2.12. The summed E-state index contributed by atoms with van der Waals surface area (Å²) in [5.74, 6) is 0.853. The Morgan fingerprint density at radius 1 is 1.00 bits per heavy atom. The molecular formula is C17H13Cl3N2. The van der Waals surface area contributed by atoms with Crippen LogP contribution in [0.2, 0.25) is 15.1 Å². The van der Waals surface area contributed by atoms with E-state index in [4.69, 9.17) is 34.8 Å². The van der Waals surface area contributed by atoms with Gasteiger partial charge in [-0.25, -0.2) is 4.98 Å². The quantitative estimate of drug-likeness (QED) is 0.622. The Balaban J connectivity index is 1.92. The van der Waals surface area contributed by atoms with Crippen LogP contribution in [0.25, 0.3) is 11.3 Å². The normalized spacial score (nSPS) is 10.9. The first-order valence-electron chi connectivity index (χ1n) is 6.79. The number of rotatable bonds is 3. The van der Waals surface area contributed by atoms with Gasteiger partial charge in [-0.05, 0) is 30.7 Å². The molecule has 0 fully saturated rings. The number of H-pyrrole nitrogens is 1. The molecule has 0 unspecified atom stereocenters. The maximum absolute atomic E-state index is 6.24. The van der Waals surface area contributed by atoms with Gasteiger partial charge in [0.2, 0.25) is 0 Å². The summed E-state index contributed by atoms with van der Waals surface area (Å²) in [7, 11) is 0. The zero-order chi connectivity index (χ0) is 15.7. The molecule has 2 aromatic carbocycles. The highest BCUT2D eigenvalue weighted by molar-refractivity contribution is 6.42. The molecule has 0 atom stereocenters. The van der Waals surface area contributed by atoms with Crippen molar-refractivity contribution in [1.82, 2.24) is 9.97 Å². The number of imidazole rings is 1. The molecule has 0 spiro atoms. The van der Waals surface area contributed by atoms with Gasteiger partial charge in [-0.15, -0.1) is 0 Å². The molecule has 1 heterocycles. The maximum Gasteiger partial charge on any atom is 0.111 e. The summed E-state index contributed by atoms with van der Waals surface area (Å²) < 4.78 is 0. The smallest absolute Gasteiger partial charge is 0.111 e. The lowest BCUT2D eigenvalue weighted by atomic mass is 10.1. The Bertz CT molecular complexity index is 807. The number of nitrogens with zero attached hydrogens (tertiary/aromatic N) is 1. The van der Waals surface area contributed by atoms with E-state index in [9.17, 15) is 0 Å². The van der Waals surface area contributed by atoms with Crippen molar-refractivity contribution >= 4 is 34.8 Å². The molecule has 0 radical (unpaired) electrons. The fourth-order valence-corrected chi connectivity index (χ4v) is 2.87. The van der Waals surface area contributed by atoms with E-state index in [1.54, 1.807) is 6.07 Å². The fourth-order valence-electron chi connectivity index (χ4n) is 2.36. The van der Waals surface area contributed by atoms with Crippen LogP contribution < -0.4 is 0 Å². The minimum atomic E-state index is 0.556. The number of aryl methyl sites for hydroxylation is 1. The molecule has 0 amide bonds. The highest BCUT2D eigenvalue weighted by Crippen LogP contribution is 2.28. The molecule has 1 N–H and O–H groups in total. The summed E-state index contributed by atoms with van der Waals surface area (Å²) in [5, 5.41) is 1.84. The van der Waals surface area contributed by atoms with E-state index >= 15 is 0 Å². The number of aromatic nitrogens is 2. The van der Waals surface area contributed by atoms with E-state index < -0.39 is 0 Å². The van der Waals surface area contributed by atoms with E-state index in [0.717, 1.165) is 28.3 Å². The predicted molar refractivity (Wildman–Crippen MR) is 93.0 cm³/mol. The van der Waals surface area contributed by atoms with Crippen LogP contribution in [0.5, 0.6) is 0 Å². The molecule has 0 saturated heterocycles. The van der Waals surface area contributed by atoms with Crippen LogP contribution in [0, 0.1) is 6.92 Å². The van der Waals surface area contributed by atoms with Crippen molar-refractivity contribution in [3.8, 4) is 11.3 Å². The third kappa shape index (κ3) is 3.14. The lowest BCUT2D eigenvalue weighted by molar-refractivity contribution is 1.02. The van der Waals surface area contributed by atoms with Gasteiger partial charge in [0.15, 0.2) is 0 Å². The molecule has 22 heavy (non-hydrogen) atoms. The number of halogens is 3. The molecule has 3 rings (SSSR count). The standard InChI is InChI=1S/C17H13Cl3N2/c1-10-17(11-5-7-13(18)8-6-11)22-15(21-10)9-12-3-2-4-14(19)16(12)20/h2-8H,9H2,1H3,(H,21,22). The van der Waals surface area contributed by atoms with Crippen molar-refractivity contribution in [3.63, 3.8) is 0 Å². The van der Waals surface area contributed by atoms with Gasteiger partial charge in [0.1, 0.15) is 5.82 Å². The van der Waals surface area contributed by atoms with Crippen LogP contribution >= 0.6 is 34.8 Å². The van der Waals surface area contributed by atoms with Gasteiger partial charge in [-0.3, -0.25) is 0 Å². The zero-order valence-corrected chi connectivity index (χ0v) is 14.1. The van der Waals surface area contributed by atoms with Gasteiger partial charge in [-0.2, -0.15) is 0 Å². The average Bonchev–Trinajstić information content (AvgIpc) is 2.85. The summed E-state index contributed by atoms with van der Waals surface area (Å²) in [4.78, 5) is 7.98. The maximum atomic E-state index is 6.24. The fraction of sp³-hybridized carbons (Fsp3) is 0.118. The lowest BCUT2D eigenvalue weighted by Gasteiger charge is -2.03. The first-order chi connectivity index (χ1) is 10.5. The first kappa shape index (κ1) is 15.4. The van der Waals surface area contributed by atoms with Crippen LogP contribution in [-0.4, -0.2) is 9.97 Å². The van der Waals surface area contributed by atoms with Crippen LogP contribution in [0.3, 0.4) is 0 Å². The molecule has 0 aliphatic rings. The van der Waals surface area contributed by atoms with Crippen LogP contribution in [-0.2, 0) is 6.42 Å². The molecule has 0 saturated carbocycles. The second-order valence-electron chi connectivity index (χ2n) is 5.05. The van der Waals surface area contributed by atoms with Crippen molar-refractivity contribution in [2.45, 2.75) is 13.3 Å². The van der Waals surface area contributed by atoms with Gasteiger partial charge in [0.25, 0.3) is 0 Å². The van der Waals surface area contributed by atoms with Crippen LogP contribution in [0.15, 0.2) is 42.5 Å². The molecule has 0 aliphatic carbocycles. The van der Waals surface area contributed by atoms with Gasteiger partial charge in [0, 0.05) is 22.7 Å². The summed E-state index contributed by atoms with van der Waals surface area (Å²) in [5.41, 5.74) is 3.91. The highest BCUT2D eigenvalue weighted by atomic mass is 35.5. The Morgan fingerprint density at radius 2 is 1.73 bits per heavy atom. The zero-order valence-electron chi connectivity index (χ0n) is 11.8. The first-order valence-corrected chi connectivity index (χ1v) is 7.92. The summed E-state index contributed by atoms with van der Waals surface area (Å²) >= 11 is 18.2. The van der Waals surface area contributed by atoms with Gasteiger partial charge in [-0.1, -0.05) is 59.1 Å². The molecule has 5 heteroatoms. The molecular weight excluding hydrogens is 339 g/mol. The number of hydrogen-bond acceptors (Lipinski definition) is 1. The van der Waals surface area contributed by atoms with E-state index in [0.29, 0.717) is 21.5 Å². The van der Waals surface area contributed by atoms with E-state index in [2.05, 4.69) is 9.97 Å². The number of benzene rings is 2. The Morgan fingerprint density at radius 3 is 2.45 bits per heavy atom. The molecule has 2 nitrogen and oxygen atoms in total. The largest absolute Gasteiger partial charge is 0.345 e. The van der Waals surface area contributed by atoms with Gasteiger partial charge < -0.3 is 4.98 Å². The number of hydrogen-bond donors (Lipinski definition) is 1. The number of nitrogens with one attached hydrogen (secondary N) is 1. The minimum Gasteiger partial charge on any atom is -0.345 e. The van der Waals surface area contributed by atoms with Crippen molar-refractivity contribution in [2.24, 2.45) is 0 Å². The number of aromatic amines is 1. The monoisotopic (exact) mass is 350 g/mol. The summed E-state index contributed by atoms with van der Waals surface area (Å²) in [6, 6.07) is 13.3. The third-order valence-electron chi connectivity index (χ3n) is 3.44. The Labute approximate surface area is 144 Å². The van der Waals surface area contributed by atoms with Crippen molar-refractivity contribution in [2.75, 3.05) is 0 Å². The Kier molecular flexibility index (Phi) is 4.44. The average molecular weight is 352 g/mol. The summed E-state index contributed by atoms with van der Waals surface area (Å²) in [6.45, 7) is 2.00. The van der Waals surface area contributed by atoms with Gasteiger partial charge in [0.05, 0.1) is 15.7 Å². The van der Waals surface area contributed by atoms with Crippen LogP contribution in [0.4, 0.5) is 0 Å². The van der Waals surface area contributed by atoms with Gasteiger partial charge >= 0.3 is 0 Å². The minimum absolute atomic E-state index is 0.556. The third-order valence-corrected chi connectivity index (χ3v) is 4.55. The van der Waals surface area contributed by atoms with E-state index in [1.807, 2.05) is 43.3 Å². The van der Waals surface area contributed by atoms with Crippen molar-refractivity contribution < 1.29 is 0 Å². The summed E-state index contributed by atoms with van der Waals surface area (Å²) in [6.07, 6.45) is 0.605. The second kappa shape index (κ2) is 6.33. The SMILES string of the molecule is Cc1[nH]c(Cc2cccc(Cl)c2Cl)nc1-c1ccc(Cl)cc1. The molecule has 0 aliphatic heterocycles. The van der Waals surface area contributed by atoms with Crippen molar-refractivity contribution in [1.29, 1.82) is 0 Å². The van der Waals surface area contributed by atoms with E-state index in [1.165, 1.54) is 0 Å². The van der Waals surface area contributed by atoms with Crippen molar-refractivity contribution in [3.05, 3.63) is 74.6 Å². The van der Waals surface area contributed by atoms with E-state index in [-0.39, 0.29) is 0 Å². The Hall–Kier alpha value is -1.48. The molecule has 3 aromatic rings. The molecule has 112 valence electrons. The van der Waals surface area contributed by atoms with Crippen LogP contribution in [0.1, 0.15) is 17.1 Å². The predicted octanol–water partition coefficient (Wildman–Crippen LogP) is 5.94. The second-order valence-corrected chi connectivity index (χ2v) is 6.28. The topological polar surface area (TPSA) is 28.7 Å². The molecule has 1 aromatic heterocycles.